The van der Waals surface area contributed by atoms with Gasteiger partial charge in [0.1, 0.15) is 5.82 Å². The van der Waals surface area contributed by atoms with Crippen LogP contribution in [0.4, 0.5) is 5.82 Å². The van der Waals surface area contributed by atoms with E-state index in [2.05, 4.69) is 43.2 Å². The van der Waals surface area contributed by atoms with Crippen LogP contribution in [-0.2, 0) is 16.1 Å². The van der Waals surface area contributed by atoms with Crippen LogP contribution in [0.3, 0.4) is 0 Å². The molecule has 30 heavy (non-hydrogen) atoms. The van der Waals surface area contributed by atoms with Crippen LogP contribution in [0.25, 0.3) is 0 Å². The van der Waals surface area contributed by atoms with E-state index in [0.29, 0.717) is 30.1 Å². The number of Topliss-reactive ketones (excluding diaryl/α,β-unsaturated/α-hetero) is 1. The van der Waals surface area contributed by atoms with Crippen LogP contribution in [0, 0.1) is 12.8 Å². The molecule has 2 aromatic rings. The molecule has 0 aromatic carbocycles. The van der Waals surface area contributed by atoms with E-state index in [0.717, 1.165) is 34.3 Å². The quantitative estimate of drug-likeness (QED) is 0.709. The van der Waals surface area contributed by atoms with Gasteiger partial charge in [-0.2, -0.15) is 5.10 Å². The molecule has 0 radical (unpaired) electrons. The lowest BCUT2D eigenvalue weighted by molar-refractivity contribution is -0.120. The van der Waals surface area contributed by atoms with E-state index >= 15 is 0 Å². The molecule has 7 nitrogen and oxygen atoms in total. The molecule has 2 unspecified atom stereocenters. The highest BCUT2D eigenvalue weighted by molar-refractivity contribution is 9.10. The first-order valence-corrected chi connectivity index (χ1v) is 10.9. The number of aryl methyl sites for hydroxylation is 2. The minimum Gasteiger partial charge on any atom is -0.362 e. The molecule has 8 heteroatoms. The first-order valence-electron chi connectivity index (χ1n) is 10.1. The van der Waals surface area contributed by atoms with Crippen LogP contribution in [0.15, 0.2) is 52.5 Å². The number of amides is 1. The van der Waals surface area contributed by atoms with Gasteiger partial charge in [-0.3, -0.25) is 14.3 Å². The van der Waals surface area contributed by atoms with Gasteiger partial charge in [0.25, 0.3) is 0 Å². The van der Waals surface area contributed by atoms with E-state index in [-0.39, 0.29) is 11.7 Å². The van der Waals surface area contributed by atoms with Crippen molar-refractivity contribution >= 4 is 33.4 Å². The summed E-state index contributed by atoms with van der Waals surface area (Å²) < 4.78 is 2.67. The van der Waals surface area contributed by atoms with Gasteiger partial charge in [-0.05, 0) is 54.8 Å². The number of anilines is 1. The van der Waals surface area contributed by atoms with Gasteiger partial charge in [0.2, 0.25) is 5.91 Å². The summed E-state index contributed by atoms with van der Waals surface area (Å²) >= 11 is 3.35. The molecule has 0 saturated carbocycles. The topological polar surface area (TPSA) is 88.9 Å². The molecule has 2 N–H and O–H groups in total. The molecule has 0 bridgehead atoms. The molecule has 0 saturated heterocycles. The van der Waals surface area contributed by atoms with Crippen molar-refractivity contribution in [2.45, 2.75) is 45.6 Å². The van der Waals surface area contributed by atoms with E-state index in [1.54, 1.807) is 12.3 Å². The number of carbonyl (C=O) groups is 2. The standard InChI is InChI=1S/C22H24BrN5O2/c1-4-28-11-15(12(2)27-28)20-19(22(30)26-18-9-8-14(23)10-24-18)13(3)25-16-6-5-7-17(29)21(16)20/h8-11,19-20,25H,3-7H2,1-2H3,(H,24,26,30). The summed E-state index contributed by atoms with van der Waals surface area (Å²) in [4.78, 5) is 30.6. The third-order valence-electron chi connectivity index (χ3n) is 5.69. The summed E-state index contributed by atoms with van der Waals surface area (Å²) in [6.45, 7) is 8.80. The normalized spacial score (nSPS) is 21.3. The highest BCUT2D eigenvalue weighted by Crippen LogP contribution is 2.45. The Labute approximate surface area is 183 Å². The average molecular weight is 470 g/mol. The van der Waals surface area contributed by atoms with Gasteiger partial charge in [0.15, 0.2) is 5.78 Å². The number of nitrogens with zero attached hydrogens (tertiary/aromatic N) is 3. The van der Waals surface area contributed by atoms with Crippen molar-refractivity contribution in [1.82, 2.24) is 20.1 Å². The molecule has 1 aliphatic carbocycles. The lowest BCUT2D eigenvalue weighted by Gasteiger charge is -2.38. The zero-order valence-corrected chi connectivity index (χ0v) is 18.6. The Balaban J connectivity index is 1.78. The number of ketones is 1. The van der Waals surface area contributed by atoms with E-state index in [1.165, 1.54) is 0 Å². The molecule has 0 spiro atoms. The number of allylic oxidation sites excluding steroid dienone is 2. The first-order chi connectivity index (χ1) is 14.4. The SMILES string of the molecule is C=C1NC2=C(C(=O)CCC2)C(c2cn(CC)nc2C)C1C(=O)Nc1ccc(Br)cn1. The predicted octanol–water partition coefficient (Wildman–Crippen LogP) is 3.83. The number of nitrogens with one attached hydrogen (secondary N) is 2. The summed E-state index contributed by atoms with van der Waals surface area (Å²) in [5.41, 5.74) is 3.88. The predicted molar refractivity (Wildman–Crippen MR) is 118 cm³/mol. The third kappa shape index (κ3) is 3.71. The molecule has 156 valence electrons. The Morgan fingerprint density at radius 3 is 2.87 bits per heavy atom. The second-order valence-corrected chi connectivity index (χ2v) is 8.57. The molecular weight excluding hydrogens is 446 g/mol. The van der Waals surface area contributed by atoms with E-state index in [9.17, 15) is 9.59 Å². The van der Waals surface area contributed by atoms with Crippen molar-refractivity contribution in [3.8, 4) is 0 Å². The van der Waals surface area contributed by atoms with Crippen LogP contribution in [0.1, 0.15) is 43.4 Å². The molecule has 2 atom stereocenters. The molecule has 3 heterocycles. The molecule has 4 rings (SSSR count). The van der Waals surface area contributed by atoms with Gasteiger partial charge in [-0.1, -0.05) is 6.58 Å². The third-order valence-corrected chi connectivity index (χ3v) is 6.16. The fourth-order valence-corrected chi connectivity index (χ4v) is 4.53. The summed E-state index contributed by atoms with van der Waals surface area (Å²) in [5, 5.41) is 10.7. The zero-order chi connectivity index (χ0) is 21.4. The fourth-order valence-electron chi connectivity index (χ4n) is 4.29. The van der Waals surface area contributed by atoms with Crippen LogP contribution in [-0.4, -0.2) is 26.5 Å². The Hall–Kier alpha value is -2.74. The van der Waals surface area contributed by atoms with Gasteiger partial charge in [-0.25, -0.2) is 4.98 Å². The maximum absolute atomic E-state index is 13.4. The minimum atomic E-state index is -0.649. The maximum Gasteiger partial charge on any atom is 0.235 e. The minimum absolute atomic E-state index is 0.0875. The summed E-state index contributed by atoms with van der Waals surface area (Å²) in [7, 11) is 0. The average Bonchev–Trinajstić information content (AvgIpc) is 3.09. The van der Waals surface area contributed by atoms with Crippen molar-refractivity contribution < 1.29 is 9.59 Å². The van der Waals surface area contributed by atoms with E-state index in [4.69, 9.17) is 0 Å². The highest BCUT2D eigenvalue weighted by atomic mass is 79.9. The lowest BCUT2D eigenvalue weighted by Crippen LogP contribution is -2.42. The number of pyridine rings is 1. The molecule has 1 amide bonds. The van der Waals surface area contributed by atoms with Crippen LogP contribution >= 0.6 is 15.9 Å². The molecular formula is C22H24BrN5O2. The van der Waals surface area contributed by atoms with Gasteiger partial charge in [0.05, 0.1) is 11.6 Å². The summed E-state index contributed by atoms with van der Waals surface area (Å²) in [5.74, 6) is -0.780. The second kappa shape index (κ2) is 8.18. The monoisotopic (exact) mass is 469 g/mol. The van der Waals surface area contributed by atoms with Gasteiger partial charge in [0, 0.05) is 58.3 Å². The van der Waals surface area contributed by atoms with Gasteiger partial charge in [-0.15, -0.1) is 0 Å². The summed E-state index contributed by atoms with van der Waals surface area (Å²) in [6, 6.07) is 3.54. The van der Waals surface area contributed by atoms with Crippen molar-refractivity contribution in [2.24, 2.45) is 5.92 Å². The molecule has 1 aliphatic heterocycles. The first kappa shape index (κ1) is 20.5. The number of hydrogen-bond donors (Lipinski definition) is 2. The zero-order valence-electron chi connectivity index (χ0n) is 17.0. The summed E-state index contributed by atoms with van der Waals surface area (Å²) in [6.07, 6.45) is 5.65. The Kier molecular flexibility index (Phi) is 5.60. The maximum atomic E-state index is 13.4. The molecule has 2 aliphatic rings. The largest absolute Gasteiger partial charge is 0.362 e. The van der Waals surface area contributed by atoms with Crippen LogP contribution < -0.4 is 10.6 Å². The fraction of sp³-hybridized carbons (Fsp3) is 0.364. The van der Waals surface area contributed by atoms with E-state index in [1.807, 2.05) is 30.8 Å². The van der Waals surface area contributed by atoms with Crippen molar-refractivity contribution in [3.63, 3.8) is 0 Å². The number of carbonyl (C=O) groups excluding carboxylic acids is 2. The smallest absolute Gasteiger partial charge is 0.235 e. The lowest BCUT2D eigenvalue weighted by atomic mass is 9.71. The molecule has 2 aromatic heterocycles. The Morgan fingerprint density at radius 1 is 1.40 bits per heavy atom. The Bertz CT molecular complexity index is 1050. The number of rotatable bonds is 4. The van der Waals surface area contributed by atoms with Crippen LogP contribution in [0.2, 0.25) is 0 Å². The molecule has 0 fully saturated rings. The number of aromatic nitrogens is 3. The van der Waals surface area contributed by atoms with Crippen LogP contribution in [0.5, 0.6) is 0 Å². The second-order valence-electron chi connectivity index (χ2n) is 7.65. The number of halogens is 1. The van der Waals surface area contributed by atoms with Gasteiger partial charge < -0.3 is 10.6 Å². The van der Waals surface area contributed by atoms with E-state index < -0.39 is 11.8 Å². The number of hydrogen-bond acceptors (Lipinski definition) is 5. The highest BCUT2D eigenvalue weighted by Gasteiger charge is 2.44. The van der Waals surface area contributed by atoms with Crippen molar-refractivity contribution in [1.29, 1.82) is 0 Å². The Morgan fingerprint density at radius 2 is 2.20 bits per heavy atom. The van der Waals surface area contributed by atoms with Gasteiger partial charge >= 0.3 is 0 Å². The van der Waals surface area contributed by atoms with Crippen molar-refractivity contribution in [2.75, 3.05) is 5.32 Å². The van der Waals surface area contributed by atoms with Crippen molar-refractivity contribution in [3.05, 3.63) is 63.8 Å².